The van der Waals surface area contributed by atoms with Gasteiger partial charge in [-0.25, -0.2) is 0 Å². The summed E-state index contributed by atoms with van der Waals surface area (Å²) >= 11 is 17.8. The number of nitrogens with one attached hydrogen (secondary N) is 2. The van der Waals surface area contributed by atoms with Crippen molar-refractivity contribution in [3.05, 3.63) is 0 Å². The van der Waals surface area contributed by atoms with Gasteiger partial charge in [0.1, 0.15) is 0 Å². The van der Waals surface area contributed by atoms with E-state index in [-0.39, 0.29) is 46.4 Å². The van der Waals surface area contributed by atoms with Crippen LogP contribution in [0.25, 0.3) is 0 Å². The third-order valence-electron chi connectivity index (χ3n) is 0.267. The Morgan fingerprint density at radius 3 is 1.20 bits per heavy atom. The molecule has 0 amide bonds. The summed E-state index contributed by atoms with van der Waals surface area (Å²) in [5.41, 5.74) is 4.79. The number of hydrazine groups is 1. The summed E-state index contributed by atoms with van der Waals surface area (Å²) in [4.78, 5) is 0. The van der Waals surface area contributed by atoms with Gasteiger partial charge in [-0.2, -0.15) is 0 Å². The number of rotatable bonds is 0. The first-order chi connectivity index (χ1) is 3.63. The third kappa shape index (κ3) is 16.2. The Balaban J connectivity index is -0.000000245. The standard InChI is InChI=1S/C2H4N2S4.2Li/c5-1(6)3-4-2(7)8;;/h(H2,3,5,6)(H2,4,7,8);;/q;2*+1/p-2. The van der Waals surface area contributed by atoms with Gasteiger partial charge in [-0.3, -0.25) is 0 Å². The van der Waals surface area contributed by atoms with Crippen LogP contribution in [0.3, 0.4) is 0 Å². The SMILES string of the molecule is S=C([S-])NNC(=S)[S-].[Li+].[Li+]. The Hall–Kier alpha value is 1.41. The van der Waals surface area contributed by atoms with Crippen LogP contribution in [0.4, 0.5) is 0 Å². The van der Waals surface area contributed by atoms with Crippen molar-refractivity contribution < 1.29 is 37.7 Å². The quantitative estimate of drug-likeness (QED) is 0.173. The molecule has 0 fully saturated rings. The van der Waals surface area contributed by atoms with Gasteiger partial charge >= 0.3 is 37.7 Å². The van der Waals surface area contributed by atoms with E-state index in [0.717, 1.165) is 0 Å². The monoisotopic (exact) mass is 196 g/mol. The van der Waals surface area contributed by atoms with E-state index in [1.807, 2.05) is 0 Å². The minimum Gasteiger partial charge on any atom is -0.410 e. The molecule has 10 heavy (non-hydrogen) atoms. The van der Waals surface area contributed by atoms with E-state index in [2.05, 4.69) is 60.5 Å². The fourth-order valence-electron chi connectivity index (χ4n) is 0.102. The van der Waals surface area contributed by atoms with Crippen molar-refractivity contribution in [2.75, 3.05) is 0 Å². The number of hydrogen-bond donors (Lipinski definition) is 2. The Labute approximate surface area is 106 Å². The molecule has 0 saturated heterocycles. The van der Waals surface area contributed by atoms with Crippen LogP contribution in [0.15, 0.2) is 0 Å². The summed E-state index contributed by atoms with van der Waals surface area (Å²) in [6.45, 7) is 0. The van der Waals surface area contributed by atoms with Gasteiger partial charge in [0.15, 0.2) is 0 Å². The largest absolute Gasteiger partial charge is 1.00 e. The molecule has 0 atom stereocenters. The van der Waals surface area contributed by atoms with E-state index in [4.69, 9.17) is 0 Å². The van der Waals surface area contributed by atoms with Crippen LogP contribution in [0.1, 0.15) is 0 Å². The fraction of sp³-hybridized carbons (Fsp3) is 0. The summed E-state index contributed by atoms with van der Waals surface area (Å²) in [5.74, 6) is 0. The van der Waals surface area contributed by atoms with E-state index in [1.165, 1.54) is 0 Å². The third-order valence-corrected chi connectivity index (χ3v) is 0.675. The second-order valence-corrected chi connectivity index (χ2v) is 2.97. The molecule has 0 aliphatic heterocycles. The van der Waals surface area contributed by atoms with Gasteiger partial charge in [0.05, 0.1) is 0 Å². The Bertz CT molecular complexity index is 104. The van der Waals surface area contributed by atoms with Crippen molar-refractivity contribution in [3.63, 3.8) is 0 Å². The average Bonchev–Trinajstić information content (AvgIpc) is 1.61. The molecule has 0 heterocycles. The first kappa shape index (κ1) is 17.5. The van der Waals surface area contributed by atoms with Crippen LogP contribution in [0, 0.1) is 0 Å². The van der Waals surface area contributed by atoms with E-state index in [0.29, 0.717) is 0 Å². The van der Waals surface area contributed by atoms with Gasteiger partial charge in [0, 0.05) is 0 Å². The molecule has 0 aromatic rings. The second-order valence-electron chi connectivity index (χ2n) is 0.825. The molecule has 2 nitrogen and oxygen atoms in total. The van der Waals surface area contributed by atoms with E-state index in [1.54, 1.807) is 0 Å². The molecular weight excluding hydrogens is 194 g/mol. The van der Waals surface area contributed by atoms with Crippen LogP contribution in [0.5, 0.6) is 0 Å². The molecule has 0 aromatic carbocycles. The van der Waals surface area contributed by atoms with Crippen molar-refractivity contribution >= 4 is 58.3 Å². The predicted octanol–water partition coefficient (Wildman–Crippen LogP) is -6.25. The molecule has 0 bridgehead atoms. The van der Waals surface area contributed by atoms with Crippen LogP contribution >= 0.6 is 24.4 Å². The molecule has 8 heteroatoms. The van der Waals surface area contributed by atoms with Crippen molar-refractivity contribution in [2.45, 2.75) is 0 Å². The van der Waals surface area contributed by atoms with Crippen molar-refractivity contribution in [3.8, 4) is 0 Å². The summed E-state index contributed by atoms with van der Waals surface area (Å²) in [7, 11) is 0. The molecule has 0 unspecified atom stereocenters. The van der Waals surface area contributed by atoms with Crippen molar-refractivity contribution in [1.82, 2.24) is 10.9 Å². The normalized spacial score (nSPS) is 6.00. The molecule has 46 valence electrons. The summed E-state index contributed by atoms with van der Waals surface area (Å²) in [6, 6.07) is 0. The molecule has 0 spiro atoms. The zero-order valence-electron chi connectivity index (χ0n) is 5.63. The van der Waals surface area contributed by atoms with Crippen LogP contribution in [0.2, 0.25) is 0 Å². The zero-order valence-corrected chi connectivity index (χ0v) is 8.90. The second kappa shape index (κ2) is 10.4. The van der Waals surface area contributed by atoms with Gasteiger partial charge < -0.3 is 60.5 Å². The van der Waals surface area contributed by atoms with Gasteiger partial charge in [-0.05, 0) is 8.64 Å². The molecular formula is C2H2Li2N2S4. The maximum absolute atomic E-state index is 4.45. The molecule has 0 rings (SSSR count). The average molecular weight is 196 g/mol. The summed E-state index contributed by atoms with van der Waals surface area (Å²) in [6.07, 6.45) is 0. The minimum absolute atomic E-state index is 0. The maximum Gasteiger partial charge on any atom is 1.00 e. The molecule has 0 aliphatic carbocycles. The molecule has 0 aliphatic rings. The molecule has 0 radical (unpaired) electrons. The molecule has 0 aromatic heterocycles. The van der Waals surface area contributed by atoms with Crippen LogP contribution < -0.4 is 48.6 Å². The maximum atomic E-state index is 4.45. The first-order valence-corrected chi connectivity index (χ1v) is 3.20. The van der Waals surface area contributed by atoms with Crippen molar-refractivity contribution in [1.29, 1.82) is 0 Å². The van der Waals surface area contributed by atoms with Gasteiger partial charge in [0.25, 0.3) is 0 Å². The van der Waals surface area contributed by atoms with Crippen molar-refractivity contribution in [2.24, 2.45) is 0 Å². The Kier molecular flexibility index (Phi) is 18.2. The Morgan fingerprint density at radius 2 is 1.10 bits per heavy atom. The van der Waals surface area contributed by atoms with Crippen LogP contribution in [-0.2, 0) is 25.3 Å². The van der Waals surface area contributed by atoms with E-state index >= 15 is 0 Å². The topological polar surface area (TPSA) is 24.1 Å². The smallest absolute Gasteiger partial charge is 0.410 e. The fourth-order valence-corrected chi connectivity index (χ4v) is 0.306. The minimum atomic E-state index is 0. The van der Waals surface area contributed by atoms with Gasteiger partial charge in [-0.1, -0.05) is 0 Å². The first-order valence-electron chi connectivity index (χ1n) is 1.57. The molecule has 2 N–H and O–H groups in total. The molecule has 0 saturated carbocycles. The van der Waals surface area contributed by atoms with Gasteiger partial charge in [-0.15, -0.1) is 0 Å². The Morgan fingerprint density at radius 1 is 0.900 bits per heavy atom. The van der Waals surface area contributed by atoms with E-state index < -0.39 is 0 Å². The van der Waals surface area contributed by atoms with Gasteiger partial charge in [0.2, 0.25) is 0 Å². The van der Waals surface area contributed by atoms with E-state index in [9.17, 15) is 0 Å². The zero-order chi connectivity index (χ0) is 6.57. The summed E-state index contributed by atoms with van der Waals surface area (Å²) < 4.78 is 0.411. The van der Waals surface area contributed by atoms with Crippen LogP contribution in [-0.4, -0.2) is 8.64 Å². The number of thiocarbonyl (C=S) groups is 2. The number of hydrogen-bond acceptors (Lipinski definition) is 4. The predicted molar refractivity (Wildman–Crippen MR) is 46.2 cm³/mol. The summed E-state index contributed by atoms with van der Waals surface area (Å²) in [5, 5.41) is 0.